The van der Waals surface area contributed by atoms with Gasteiger partial charge in [-0.1, -0.05) is 29.8 Å². The summed E-state index contributed by atoms with van der Waals surface area (Å²) in [6.07, 6.45) is 5.49. The van der Waals surface area contributed by atoms with Gasteiger partial charge >= 0.3 is 0 Å². The lowest BCUT2D eigenvalue weighted by Gasteiger charge is -2.05. The van der Waals surface area contributed by atoms with Crippen LogP contribution in [0.15, 0.2) is 43.1 Å². The van der Waals surface area contributed by atoms with E-state index in [9.17, 15) is 0 Å². The largest absolute Gasteiger partial charge is 0.311 e. The van der Waals surface area contributed by atoms with E-state index >= 15 is 0 Å². The van der Waals surface area contributed by atoms with Crippen LogP contribution in [-0.4, -0.2) is 23.9 Å². The minimum atomic E-state index is 0.764. The number of imidazole rings is 2. The predicted octanol–water partition coefficient (Wildman–Crippen LogP) is 2.74. The van der Waals surface area contributed by atoms with E-state index < -0.39 is 0 Å². The lowest BCUT2D eigenvalue weighted by atomic mass is 10.1. The summed E-state index contributed by atoms with van der Waals surface area (Å²) in [5, 5.41) is 0. The Balaban J connectivity index is 1.82. The molecule has 21 heavy (non-hydrogen) atoms. The van der Waals surface area contributed by atoms with E-state index in [1.807, 2.05) is 30.2 Å². The molecule has 5 heteroatoms. The Morgan fingerprint density at radius 3 is 2.52 bits per heavy atom. The lowest BCUT2D eigenvalue weighted by Crippen LogP contribution is -2.00. The monoisotopic (exact) mass is 277 g/mol. The van der Waals surface area contributed by atoms with E-state index in [0.717, 1.165) is 29.0 Å². The zero-order chi connectivity index (χ0) is 14.4. The molecule has 0 unspecified atom stereocenters. The molecule has 4 aromatic rings. The second kappa shape index (κ2) is 4.41. The van der Waals surface area contributed by atoms with Gasteiger partial charge in [0, 0.05) is 11.9 Å². The molecule has 0 aliphatic heterocycles. The van der Waals surface area contributed by atoms with Crippen molar-refractivity contribution in [2.75, 3.05) is 0 Å². The standard InChI is InChI=1S/C16H15N5/c1-11-3-5-13(6-4-11)8-20-9-18-14-15(20)19-10-21-12(2)7-17-16(14)21/h3-7,9-10H,8H2,1-2H3. The molecule has 4 rings (SSSR count). The SMILES string of the molecule is Cc1ccc(Cn2cnc3c2ncn2c(C)cnc32)cc1. The minimum Gasteiger partial charge on any atom is -0.311 e. The topological polar surface area (TPSA) is 48.0 Å². The molecule has 0 aliphatic carbocycles. The van der Waals surface area contributed by atoms with Crippen molar-refractivity contribution < 1.29 is 0 Å². The molecular weight excluding hydrogens is 262 g/mol. The van der Waals surface area contributed by atoms with E-state index in [1.165, 1.54) is 11.1 Å². The Hall–Kier alpha value is -2.69. The lowest BCUT2D eigenvalue weighted by molar-refractivity contribution is 0.812. The van der Waals surface area contributed by atoms with Crippen LogP contribution in [0.25, 0.3) is 16.8 Å². The van der Waals surface area contributed by atoms with Crippen molar-refractivity contribution in [3.05, 3.63) is 59.9 Å². The van der Waals surface area contributed by atoms with Gasteiger partial charge in [0.05, 0.1) is 12.9 Å². The molecule has 0 radical (unpaired) electrons. The maximum atomic E-state index is 4.54. The molecule has 0 aliphatic rings. The van der Waals surface area contributed by atoms with Crippen molar-refractivity contribution in [1.82, 2.24) is 23.9 Å². The summed E-state index contributed by atoms with van der Waals surface area (Å²) in [4.78, 5) is 13.5. The van der Waals surface area contributed by atoms with Gasteiger partial charge in [-0.15, -0.1) is 0 Å². The van der Waals surface area contributed by atoms with Crippen molar-refractivity contribution in [1.29, 1.82) is 0 Å². The van der Waals surface area contributed by atoms with Gasteiger partial charge in [-0.3, -0.25) is 4.40 Å². The molecule has 0 atom stereocenters. The van der Waals surface area contributed by atoms with Crippen LogP contribution >= 0.6 is 0 Å². The van der Waals surface area contributed by atoms with Crippen LogP contribution in [0, 0.1) is 13.8 Å². The Labute approximate surface area is 121 Å². The van der Waals surface area contributed by atoms with E-state index in [1.54, 1.807) is 0 Å². The second-order valence-corrected chi connectivity index (χ2v) is 5.37. The fourth-order valence-corrected chi connectivity index (χ4v) is 2.55. The summed E-state index contributed by atoms with van der Waals surface area (Å²) in [5.74, 6) is 0. The fraction of sp³-hybridized carbons (Fsp3) is 0.188. The van der Waals surface area contributed by atoms with Crippen molar-refractivity contribution in [2.45, 2.75) is 20.4 Å². The first-order valence-electron chi connectivity index (χ1n) is 6.91. The normalized spacial score (nSPS) is 11.5. The molecule has 0 saturated heterocycles. The van der Waals surface area contributed by atoms with Crippen LogP contribution in [-0.2, 0) is 6.54 Å². The first-order valence-corrected chi connectivity index (χ1v) is 6.91. The Morgan fingerprint density at radius 2 is 1.71 bits per heavy atom. The molecule has 0 amide bonds. The summed E-state index contributed by atoms with van der Waals surface area (Å²) >= 11 is 0. The van der Waals surface area contributed by atoms with Gasteiger partial charge < -0.3 is 4.57 Å². The smallest absolute Gasteiger partial charge is 0.168 e. The molecule has 0 spiro atoms. The molecule has 3 aromatic heterocycles. The molecule has 3 heterocycles. The highest BCUT2D eigenvalue weighted by Gasteiger charge is 2.11. The number of aromatic nitrogens is 5. The number of nitrogens with zero attached hydrogens (tertiary/aromatic N) is 5. The Kier molecular flexibility index (Phi) is 2.54. The predicted molar refractivity (Wildman–Crippen MR) is 81.3 cm³/mol. The van der Waals surface area contributed by atoms with Gasteiger partial charge in [-0.2, -0.15) is 0 Å². The molecule has 0 bridgehead atoms. The minimum absolute atomic E-state index is 0.764. The maximum Gasteiger partial charge on any atom is 0.168 e. The van der Waals surface area contributed by atoms with E-state index in [0.29, 0.717) is 0 Å². The molecule has 1 aromatic carbocycles. The highest BCUT2D eigenvalue weighted by atomic mass is 15.2. The zero-order valence-corrected chi connectivity index (χ0v) is 12.0. The van der Waals surface area contributed by atoms with Crippen LogP contribution in [0.2, 0.25) is 0 Å². The first-order chi connectivity index (χ1) is 10.2. The Bertz CT molecular complexity index is 931. The highest BCUT2D eigenvalue weighted by molar-refractivity contribution is 5.85. The van der Waals surface area contributed by atoms with Crippen LogP contribution in [0.1, 0.15) is 16.8 Å². The molecular formula is C16H15N5. The number of hydrogen-bond donors (Lipinski definition) is 0. The Morgan fingerprint density at radius 1 is 0.905 bits per heavy atom. The van der Waals surface area contributed by atoms with E-state index in [-0.39, 0.29) is 0 Å². The third kappa shape index (κ3) is 1.89. The second-order valence-electron chi connectivity index (χ2n) is 5.37. The average Bonchev–Trinajstić information content (AvgIpc) is 3.06. The number of hydrogen-bond acceptors (Lipinski definition) is 3. The third-order valence-corrected chi connectivity index (χ3v) is 3.77. The van der Waals surface area contributed by atoms with E-state index in [2.05, 4.69) is 50.7 Å². The maximum absolute atomic E-state index is 4.54. The van der Waals surface area contributed by atoms with Gasteiger partial charge in [-0.05, 0) is 19.4 Å². The summed E-state index contributed by atoms with van der Waals surface area (Å²) in [6.45, 7) is 4.87. The van der Waals surface area contributed by atoms with Crippen LogP contribution in [0.3, 0.4) is 0 Å². The third-order valence-electron chi connectivity index (χ3n) is 3.77. The van der Waals surface area contributed by atoms with Gasteiger partial charge in [0.2, 0.25) is 0 Å². The molecule has 104 valence electrons. The highest BCUT2D eigenvalue weighted by Crippen LogP contribution is 2.17. The quantitative estimate of drug-likeness (QED) is 0.566. The molecule has 0 fully saturated rings. The summed E-state index contributed by atoms with van der Waals surface area (Å²) < 4.78 is 4.02. The first kappa shape index (κ1) is 12.1. The van der Waals surface area contributed by atoms with Crippen LogP contribution in [0.4, 0.5) is 0 Å². The zero-order valence-electron chi connectivity index (χ0n) is 12.0. The number of benzene rings is 1. The number of aryl methyl sites for hydroxylation is 2. The van der Waals surface area contributed by atoms with Gasteiger partial charge in [0.25, 0.3) is 0 Å². The molecule has 0 saturated carbocycles. The molecule has 0 N–H and O–H groups in total. The van der Waals surface area contributed by atoms with Gasteiger partial charge in [0.15, 0.2) is 16.8 Å². The summed E-state index contributed by atoms with van der Waals surface area (Å²) in [6, 6.07) is 8.52. The molecule has 5 nitrogen and oxygen atoms in total. The van der Waals surface area contributed by atoms with Crippen molar-refractivity contribution >= 4 is 16.8 Å². The van der Waals surface area contributed by atoms with Crippen molar-refractivity contribution in [3.63, 3.8) is 0 Å². The van der Waals surface area contributed by atoms with Crippen molar-refractivity contribution in [3.8, 4) is 0 Å². The number of rotatable bonds is 2. The van der Waals surface area contributed by atoms with E-state index in [4.69, 9.17) is 0 Å². The summed E-state index contributed by atoms with van der Waals surface area (Å²) in [7, 11) is 0. The average molecular weight is 277 g/mol. The van der Waals surface area contributed by atoms with Gasteiger partial charge in [-0.25, -0.2) is 15.0 Å². The van der Waals surface area contributed by atoms with Gasteiger partial charge in [0.1, 0.15) is 6.33 Å². The fourth-order valence-electron chi connectivity index (χ4n) is 2.55. The van der Waals surface area contributed by atoms with Crippen LogP contribution in [0.5, 0.6) is 0 Å². The van der Waals surface area contributed by atoms with Crippen LogP contribution < -0.4 is 0 Å². The number of fused-ring (bicyclic) bond motifs is 3. The summed E-state index contributed by atoms with van der Waals surface area (Å²) in [5.41, 5.74) is 6.14. The van der Waals surface area contributed by atoms with Crippen molar-refractivity contribution in [2.24, 2.45) is 0 Å².